The van der Waals surface area contributed by atoms with Crippen LogP contribution in [0.1, 0.15) is 11.7 Å². The van der Waals surface area contributed by atoms with Gasteiger partial charge >= 0.3 is 5.97 Å². The Kier molecular flexibility index (Phi) is 3.75. The summed E-state index contributed by atoms with van der Waals surface area (Å²) < 4.78 is 31.2. The zero-order valence-electron chi connectivity index (χ0n) is 9.72. The van der Waals surface area contributed by atoms with Crippen LogP contribution in [0.3, 0.4) is 0 Å². The molecule has 1 atom stereocenters. The fraction of sp³-hybridized carbons (Fsp3) is 0.0714. The van der Waals surface area contributed by atoms with E-state index in [0.29, 0.717) is 11.6 Å². The molecular weight excluding hydrogens is 254 g/mol. The third-order valence-electron chi connectivity index (χ3n) is 2.42. The number of halogens is 2. The van der Waals surface area contributed by atoms with E-state index in [1.807, 2.05) is 0 Å². The van der Waals surface area contributed by atoms with Crippen LogP contribution in [-0.2, 0) is 4.79 Å². The van der Waals surface area contributed by atoms with Crippen molar-refractivity contribution in [2.75, 3.05) is 0 Å². The molecule has 3 nitrogen and oxygen atoms in total. The highest BCUT2D eigenvalue weighted by atomic mass is 19.1. The lowest BCUT2D eigenvalue weighted by molar-refractivity contribution is -0.145. The molecule has 0 amide bonds. The summed E-state index contributed by atoms with van der Waals surface area (Å²) in [7, 11) is 0. The Morgan fingerprint density at radius 2 is 1.63 bits per heavy atom. The molecule has 2 aromatic rings. The molecule has 0 aliphatic carbocycles. The first kappa shape index (κ1) is 13.0. The second-order valence-electron chi connectivity index (χ2n) is 3.85. The van der Waals surface area contributed by atoms with Gasteiger partial charge in [0.25, 0.3) is 0 Å². The third kappa shape index (κ3) is 3.28. The lowest BCUT2D eigenvalue weighted by Gasteiger charge is -2.15. The second kappa shape index (κ2) is 5.48. The highest BCUT2D eigenvalue weighted by Gasteiger charge is 2.22. The van der Waals surface area contributed by atoms with E-state index in [-0.39, 0.29) is 5.75 Å². The third-order valence-corrected chi connectivity index (χ3v) is 2.42. The number of ether oxygens (including phenoxy) is 1. The Bertz CT molecular complexity index is 564. The summed E-state index contributed by atoms with van der Waals surface area (Å²) in [5.74, 6) is -3.07. The van der Waals surface area contributed by atoms with Crippen molar-refractivity contribution in [3.8, 4) is 5.75 Å². The molecule has 1 N–H and O–H groups in total. The Labute approximate surface area is 108 Å². The van der Waals surface area contributed by atoms with Crippen LogP contribution in [0.25, 0.3) is 0 Å². The maximum Gasteiger partial charge on any atom is 0.349 e. The van der Waals surface area contributed by atoms with Gasteiger partial charge in [0.2, 0.25) is 6.10 Å². The van der Waals surface area contributed by atoms with Gasteiger partial charge in [-0.25, -0.2) is 13.6 Å². The van der Waals surface area contributed by atoms with Crippen LogP contribution in [0.15, 0.2) is 48.5 Å². The summed E-state index contributed by atoms with van der Waals surface area (Å²) in [6, 6.07) is 10.7. The van der Waals surface area contributed by atoms with Crippen LogP contribution in [0, 0.1) is 11.6 Å². The van der Waals surface area contributed by atoms with Gasteiger partial charge in [-0.15, -0.1) is 0 Å². The number of rotatable bonds is 4. The minimum atomic E-state index is -1.32. The maximum absolute atomic E-state index is 13.0. The zero-order chi connectivity index (χ0) is 13.8. The van der Waals surface area contributed by atoms with Gasteiger partial charge in [-0.05, 0) is 0 Å². The van der Waals surface area contributed by atoms with E-state index < -0.39 is 23.7 Å². The maximum atomic E-state index is 13.0. The molecule has 0 heterocycles. The lowest BCUT2D eigenvalue weighted by Crippen LogP contribution is -2.18. The van der Waals surface area contributed by atoms with Crippen molar-refractivity contribution in [2.24, 2.45) is 0 Å². The summed E-state index contributed by atoms with van der Waals surface area (Å²) in [4.78, 5) is 11.2. The van der Waals surface area contributed by atoms with Crippen LogP contribution >= 0.6 is 0 Å². The number of carboxylic acid groups (broad SMARTS) is 1. The molecule has 0 radical (unpaired) electrons. The number of hydrogen-bond acceptors (Lipinski definition) is 2. The van der Waals surface area contributed by atoms with Crippen LogP contribution < -0.4 is 4.74 Å². The predicted molar refractivity (Wildman–Crippen MR) is 63.8 cm³/mol. The fourth-order valence-electron chi connectivity index (χ4n) is 1.62. The van der Waals surface area contributed by atoms with Crippen LogP contribution in [0.5, 0.6) is 5.75 Å². The number of carboxylic acids is 1. The largest absolute Gasteiger partial charge is 0.478 e. The van der Waals surface area contributed by atoms with Crippen molar-refractivity contribution in [3.05, 3.63) is 65.7 Å². The molecule has 0 aliphatic heterocycles. The number of benzene rings is 2. The van der Waals surface area contributed by atoms with Gasteiger partial charge in [0.05, 0.1) is 0 Å². The molecule has 0 saturated carbocycles. The van der Waals surface area contributed by atoms with E-state index in [1.165, 1.54) is 0 Å². The predicted octanol–water partition coefficient (Wildman–Crippen LogP) is 3.17. The van der Waals surface area contributed by atoms with Crippen LogP contribution in [0.2, 0.25) is 0 Å². The van der Waals surface area contributed by atoms with E-state index in [4.69, 9.17) is 9.84 Å². The van der Waals surface area contributed by atoms with Crippen molar-refractivity contribution in [2.45, 2.75) is 6.10 Å². The molecule has 0 saturated heterocycles. The molecule has 0 spiro atoms. The molecule has 19 heavy (non-hydrogen) atoms. The number of carbonyl (C=O) groups is 1. The minimum Gasteiger partial charge on any atom is -0.478 e. The van der Waals surface area contributed by atoms with Gasteiger partial charge in [-0.2, -0.15) is 0 Å². The average molecular weight is 264 g/mol. The highest BCUT2D eigenvalue weighted by molar-refractivity contribution is 5.74. The Morgan fingerprint density at radius 1 is 1.05 bits per heavy atom. The molecule has 98 valence electrons. The van der Waals surface area contributed by atoms with Gasteiger partial charge in [0, 0.05) is 23.8 Å². The van der Waals surface area contributed by atoms with Crippen LogP contribution in [0.4, 0.5) is 8.78 Å². The second-order valence-corrected chi connectivity index (χ2v) is 3.85. The molecule has 2 aromatic carbocycles. The molecule has 0 bridgehead atoms. The van der Waals surface area contributed by atoms with Crippen molar-refractivity contribution in [3.63, 3.8) is 0 Å². The monoisotopic (exact) mass is 264 g/mol. The number of hydrogen-bond donors (Lipinski definition) is 1. The quantitative estimate of drug-likeness (QED) is 0.922. The van der Waals surface area contributed by atoms with E-state index in [9.17, 15) is 13.6 Å². The van der Waals surface area contributed by atoms with E-state index in [1.54, 1.807) is 30.3 Å². The smallest absolute Gasteiger partial charge is 0.349 e. The van der Waals surface area contributed by atoms with Gasteiger partial charge in [0.1, 0.15) is 17.4 Å². The molecule has 0 fully saturated rings. The molecule has 0 aromatic heterocycles. The molecular formula is C14H10F2O3. The molecule has 1 unspecified atom stereocenters. The Balaban J connectivity index is 2.29. The fourth-order valence-corrected chi connectivity index (χ4v) is 1.62. The highest BCUT2D eigenvalue weighted by Crippen LogP contribution is 2.23. The van der Waals surface area contributed by atoms with E-state index in [0.717, 1.165) is 12.1 Å². The van der Waals surface area contributed by atoms with E-state index in [2.05, 4.69) is 0 Å². The summed E-state index contributed by atoms with van der Waals surface area (Å²) in [5, 5.41) is 9.11. The van der Waals surface area contributed by atoms with Crippen molar-refractivity contribution < 1.29 is 23.4 Å². The van der Waals surface area contributed by atoms with Crippen molar-refractivity contribution in [1.29, 1.82) is 0 Å². The molecule has 5 heteroatoms. The lowest BCUT2D eigenvalue weighted by atomic mass is 10.1. The average Bonchev–Trinajstić information content (AvgIpc) is 2.35. The van der Waals surface area contributed by atoms with Gasteiger partial charge in [-0.1, -0.05) is 30.3 Å². The normalized spacial score (nSPS) is 11.9. The Hall–Kier alpha value is -2.43. The van der Waals surface area contributed by atoms with E-state index >= 15 is 0 Å². The zero-order valence-corrected chi connectivity index (χ0v) is 9.72. The summed E-state index contributed by atoms with van der Waals surface area (Å²) in [6.07, 6.45) is -1.32. The molecule has 2 rings (SSSR count). The van der Waals surface area contributed by atoms with Crippen LogP contribution in [-0.4, -0.2) is 11.1 Å². The van der Waals surface area contributed by atoms with Gasteiger partial charge in [0.15, 0.2) is 0 Å². The van der Waals surface area contributed by atoms with Crippen molar-refractivity contribution in [1.82, 2.24) is 0 Å². The first-order valence-corrected chi connectivity index (χ1v) is 5.47. The summed E-state index contributed by atoms with van der Waals surface area (Å²) in [5.41, 5.74) is 0.389. The van der Waals surface area contributed by atoms with Gasteiger partial charge < -0.3 is 9.84 Å². The summed E-state index contributed by atoms with van der Waals surface area (Å²) >= 11 is 0. The van der Waals surface area contributed by atoms with Crippen molar-refractivity contribution >= 4 is 5.97 Å². The summed E-state index contributed by atoms with van der Waals surface area (Å²) in [6.45, 7) is 0. The number of aliphatic carboxylic acids is 1. The standard InChI is InChI=1S/C14H10F2O3/c15-10-6-11(16)8-12(7-10)19-13(14(17)18)9-4-2-1-3-5-9/h1-8,13H,(H,17,18). The SMILES string of the molecule is O=C(O)C(Oc1cc(F)cc(F)c1)c1ccccc1. The van der Waals surface area contributed by atoms with Gasteiger partial charge in [-0.3, -0.25) is 0 Å². The Morgan fingerprint density at radius 3 is 2.16 bits per heavy atom. The minimum absolute atomic E-state index is 0.172. The molecule has 0 aliphatic rings. The topological polar surface area (TPSA) is 46.5 Å². The first-order valence-electron chi connectivity index (χ1n) is 5.47. The first-order chi connectivity index (χ1) is 9.06.